The number of imidazole rings is 1. The Morgan fingerprint density at radius 1 is 0.854 bits per heavy atom. The first-order valence-corrected chi connectivity index (χ1v) is 13.1. The molecule has 9 heteroatoms. The highest BCUT2D eigenvalue weighted by Crippen LogP contribution is 2.33. The van der Waals surface area contributed by atoms with E-state index in [1.54, 1.807) is 42.5 Å². The summed E-state index contributed by atoms with van der Waals surface area (Å²) in [5.41, 5.74) is 4.89. The molecule has 0 saturated heterocycles. The maximum Gasteiger partial charge on any atom is 0.416 e. The quantitative estimate of drug-likeness (QED) is 0.198. The molecule has 4 aromatic carbocycles. The van der Waals surface area contributed by atoms with Crippen molar-refractivity contribution in [1.29, 1.82) is 0 Å². The molecule has 5 rings (SSSR count). The van der Waals surface area contributed by atoms with Gasteiger partial charge in [-0.05, 0) is 70.8 Å². The maximum absolute atomic E-state index is 12.9. The second kappa shape index (κ2) is 11.6. The highest BCUT2D eigenvalue weighted by atomic mass is 35.5. The zero-order valence-electron chi connectivity index (χ0n) is 21.2. The number of nitrogens with zero attached hydrogens (tertiary/aromatic N) is 1. The van der Waals surface area contributed by atoms with Gasteiger partial charge in [0, 0.05) is 22.7 Å². The van der Waals surface area contributed by atoms with E-state index < -0.39 is 17.7 Å². The van der Waals surface area contributed by atoms with Crippen LogP contribution in [0.4, 0.5) is 13.2 Å². The molecule has 0 aliphatic rings. The molecular weight excluding hydrogens is 572 g/mol. The van der Waals surface area contributed by atoms with E-state index in [4.69, 9.17) is 28.2 Å². The first kappa shape index (κ1) is 28.2. The Balaban J connectivity index is 1.40. The zero-order chi connectivity index (χ0) is 29.1. The Hall–Kier alpha value is -4.33. The molecule has 0 spiro atoms. The summed E-state index contributed by atoms with van der Waals surface area (Å²) in [7, 11) is 0. The van der Waals surface area contributed by atoms with Crippen LogP contribution in [0, 0.1) is 0 Å². The molecule has 0 aliphatic carbocycles. The smallest absolute Gasteiger partial charge is 0.416 e. The normalized spacial score (nSPS) is 11.7. The molecule has 0 aliphatic heterocycles. The Kier molecular flexibility index (Phi) is 8.01. The van der Waals surface area contributed by atoms with E-state index in [1.165, 1.54) is 12.1 Å². The number of benzene rings is 4. The number of aromatic carboxylic acids is 1. The fraction of sp³-hybridized carbons (Fsp3) is 0.0625. The third kappa shape index (κ3) is 6.70. The topological polar surface area (TPSA) is 66.0 Å². The van der Waals surface area contributed by atoms with Crippen molar-refractivity contribution >= 4 is 41.3 Å². The average Bonchev–Trinajstić information content (AvgIpc) is 3.34. The number of carboxylic acid groups (broad SMARTS) is 1. The standard InChI is InChI=1S/C32H21Cl2F3N2O2/c33-25-14-15-26(27(34)18-25)30-28(17-20-3-8-23(9-4-20)31(40)41)38-29(39-30)16-5-19-1-6-21(7-2-19)22-10-12-24(13-11-22)32(35,36)37/h1-16,18H,17H2,(H,38,39)(H,40,41). The summed E-state index contributed by atoms with van der Waals surface area (Å²) in [5.74, 6) is -0.415. The molecule has 0 fully saturated rings. The number of H-pyrrole nitrogens is 1. The third-order valence-corrected chi connectivity index (χ3v) is 7.00. The molecule has 0 radical (unpaired) electrons. The molecule has 206 valence electrons. The van der Waals surface area contributed by atoms with Crippen LogP contribution in [0.5, 0.6) is 0 Å². The average molecular weight is 593 g/mol. The Morgan fingerprint density at radius 3 is 2.07 bits per heavy atom. The van der Waals surface area contributed by atoms with Crippen molar-refractivity contribution in [3.8, 4) is 22.4 Å². The first-order valence-electron chi connectivity index (χ1n) is 12.4. The summed E-state index contributed by atoms with van der Waals surface area (Å²) in [6, 6.07) is 24.3. The Morgan fingerprint density at radius 2 is 1.49 bits per heavy atom. The molecule has 0 atom stereocenters. The van der Waals surface area contributed by atoms with Crippen LogP contribution in [0.2, 0.25) is 10.0 Å². The number of rotatable bonds is 7. The van der Waals surface area contributed by atoms with Gasteiger partial charge in [0.15, 0.2) is 0 Å². The second-order valence-corrected chi connectivity index (χ2v) is 10.1. The van der Waals surface area contributed by atoms with Crippen LogP contribution >= 0.6 is 23.2 Å². The van der Waals surface area contributed by atoms with Crippen molar-refractivity contribution in [3.63, 3.8) is 0 Å². The molecule has 1 heterocycles. The number of aromatic amines is 1. The minimum Gasteiger partial charge on any atom is -0.478 e. The van der Waals surface area contributed by atoms with Gasteiger partial charge in [-0.25, -0.2) is 9.78 Å². The number of alkyl halides is 3. The van der Waals surface area contributed by atoms with E-state index >= 15 is 0 Å². The van der Waals surface area contributed by atoms with Crippen LogP contribution in [0.15, 0.2) is 91.0 Å². The Labute approximate surface area is 243 Å². The maximum atomic E-state index is 12.9. The summed E-state index contributed by atoms with van der Waals surface area (Å²) in [6.45, 7) is 0. The lowest BCUT2D eigenvalue weighted by Crippen LogP contribution is -2.03. The second-order valence-electron chi connectivity index (χ2n) is 9.28. The molecular formula is C32H21Cl2F3N2O2. The summed E-state index contributed by atoms with van der Waals surface area (Å²) in [5, 5.41) is 10.1. The molecule has 0 unspecified atom stereocenters. The van der Waals surface area contributed by atoms with Crippen molar-refractivity contribution in [2.75, 3.05) is 0 Å². The summed E-state index contributed by atoms with van der Waals surface area (Å²) < 4.78 is 38.6. The highest BCUT2D eigenvalue weighted by Gasteiger charge is 2.30. The monoisotopic (exact) mass is 592 g/mol. The van der Waals surface area contributed by atoms with E-state index in [-0.39, 0.29) is 5.56 Å². The lowest BCUT2D eigenvalue weighted by atomic mass is 10.0. The van der Waals surface area contributed by atoms with Gasteiger partial charge in [0.05, 0.1) is 21.8 Å². The van der Waals surface area contributed by atoms with Gasteiger partial charge in [0.1, 0.15) is 5.82 Å². The lowest BCUT2D eigenvalue weighted by Gasteiger charge is -2.08. The number of aromatic nitrogens is 2. The van der Waals surface area contributed by atoms with Crippen LogP contribution < -0.4 is 0 Å². The van der Waals surface area contributed by atoms with Gasteiger partial charge in [-0.15, -0.1) is 0 Å². The SMILES string of the molecule is O=C(O)c1ccc(Cc2[nH]c(C=Cc3ccc(-c4ccc(C(F)(F)F)cc4)cc3)nc2-c2ccc(Cl)cc2Cl)cc1. The fourth-order valence-electron chi connectivity index (χ4n) is 4.32. The van der Waals surface area contributed by atoms with E-state index in [9.17, 15) is 23.1 Å². The number of nitrogens with one attached hydrogen (secondary N) is 1. The summed E-state index contributed by atoms with van der Waals surface area (Å²) in [6.07, 6.45) is -0.231. The van der Waals surface area contributed by atoms with Crippen molar-refractivity contribution in [3.05, 3.63) is 135 Å². The molecule has 41 heavy (non-hydrogen) atoms. The lowest BCUT2D eigenvalue weighted by molar-refractivity contribution is -0.137. The first-order chi connectivity index (χ1) is 19.6. The van der Waals surface area contributed by atoms with Crippen molar-refractivity contribution < 1.29 is 23.1 Å². The van der Waals surface area contributed by atoms with Crippen molar-refractivity contribution in [1.82, 2.24) is 9.97 Å². The number of carboxylic acids is 1. The minimum atomic E-state index is -4.37. The molecule has 1 aromatic heterocycles. The van der Waals surface area contributed by atoms with E-state index in [1.807, 2.05) is 36.4 Å². The van der Waals surface area contributed by atoms with Crippen LogP contribution in [0.3, 0.4) is 0 Å². The molecule has 0 saturated carbocycles. The van der Waals surface area contributed by atoms with Crippen molar-refractivity contribution in [2.24, 2.45) is 0 Å². The molecule has 5 aromatic rings. The van der Waals surface area contributed by atoms with Crippen LogP contribution in [0.25, 0.3) is 34.5 Å². The van der Waals surface area contributed by atoms with Crippen LogP contribution in [-0.2, 0) is 12.6 Å². The molecule has 0 amide bonds. The third-order valence-electron chi connectivity index (χ3n) is 6.45. The van der Waals surface area contributed by atoms with E-state index in [2.05, 4.69) is 4.98 Å². The summed E-state index contributed by atoms with van der Waals surface area (Å²) >= 11 is 12.6. The van der Waals surface area contributed by atoms with E-state index in [0.717, 1.165) is 34.5 Å². The predicted molar refractivity (Wildman–Crippen MR) is 156 cm³/mol. The van der Waals surface area contributed by atoms with Gasteiger partial charge in [0.25, 0.3) is 0 Å². The number of hydrogen-bond acceptors (Lipinski definition) is 2. The summed E-state index contributed by atoms with van der Waals surface area (Å²) in [4.78, 5) is 19.3. The van der Waals surface area contributed by atoms with Gasteiger partial charge in [-0.1, -0.05) is 77.8 Å². The number of halogens is 5. The van der Waals surface area contributed by atoms with Gasteiger partial charge in [0.2, 0.25) is 0 Å². The molecule has 4 nitrogen and oxygen atoms in total. The van der Waals surface area contributed by atoms with E-state index in [0.29, 0.717) is 39.1 Å². The molecule has 2 N–H and O–H groups in total. The predicted octanol–water partition coefficient (Wildman–Crippen LogP) is 9.53. The van der Waals surface area contributed by atoms with Crippen molar-refractivity contribution in [2.45, 2.75) is 12.6 Å². The number of hydrogen-bond donors (Lipinski definition) is 2. The van der Waals surface area contributed by atoms with Crippen LogP contribution in [-0.4, -0.2) is 21.0 Å². The highest BCUT2D eigenvalue weighted by molar-refractivity contribution is 6.36. The van der Waals surface area contributed by atoms with Gasteiger partial charge in [-0.2, -0.15) is 13.2 Å². The van der Waals surface area contributed by atoms with Gasteiger partial charge < -0.3 is 10.1 Å². The Bertz CT molecular complexity index is 1730. The fourth-order valence-corrected chi connectivity index (χ4v) is 4.82. The van der Waals surface area contributed by atoms with Crippen LogP contribution in [0.1, 0.15) is 38.6 Å². The minimum absolute atomic E-state index is 0.201. The molecule has 0 bridgehead atoms. The number of carbonyl (C=O) groups is 1. The zero-order valence-corrected chi connectivity index (χ0v) is 22.7. The largest absolute Gasteiger partial charge is 0.478 e. The van der Waals surface area contributed by atoms with Gasteiger partial charge in [-0.3, -0.25) is 0 Å². The van der Waals surface area contributed by atoms with Gasteiger partial charge >= 0.3 is 12.1 Å².